The van der Waals surface area contributed by atoms with Crippen molar-refractivity contribution in [3.8, 4) is 0 Å². The van der Waals surface area contributed by atoms with Crippen molar-refractivity contribution in [3.63, 3.8) is 0 Å². The van der Waals surface area contributed by atoms with Crippen LogP contribution >= 0.6 is 12.2 Å². The number of benzene rings is 2. The minimum absolute atomic E-state index is 0.0235. The average Bonchev–Trinajstić information content (AvgIpc) is 3.16. The van der Waals surface area contributed by atoms with Gasteiger partial charge in [-0.15, -0.1) is 0 Å². The lowest BCUT2D eigenvalue weighted by atomic mass is 10.3. The van der Waals surface area contributed by atoms with Crippen molar-refractivity contribution in [1.29, 1.82) is 0 Å². The van der Waals surface area contributed by atoms with Crippen LogP contribution in [-0.2, 0) is 16.6 Å². The van der Waals surface area contributed by atoms with Crippen molar-refractivity contribution < 1.29 is 17.2 Å². The fourth-order valence-electron chi connectivity index (χ4n) is 2.24. The van der Waals surface area contributed by atoms with Gasteiger partial charge in [0.05, 0.1) is 23.4 Å². The van der Waals surface area contributed by atoms with Gasteiger partial charge in [0.2, 0.25) is 0 Å². The third-order valence-electron chi connectivity index (χ3n) is 3.52. The summed E-state index contributed by atoms with van der Waals surface area (Å²) < 4.78 is 46.2. The van der Waals surface area contributed by atoms with Gasteiger partial charge in [-0.2, -0.15) is 0 Å². The minimum atomic E-state index is -3.95. The van der Waals surface area contributed by atoms with E-state index in [1.807, 2.05) is 0 Å². The van der Waals surface area contributed by atoms with Crippen LogP contribution in [0.5, 0.6) is 0 Å². The number of hydrogen-bond acceptors (Lipinski definition) is 4. The van der Waals surface area contributed by atoms with Crippen LogP contribution in [-0.4, -0.2) is 13.5 Å². The molecule has 0 amide bonds. The van der Waals surface area contributed by atoms with E-state index >= 15 is 0 Å². The van der Waals surface area contributed by atoms with Gasteiger partial charge in [-0.05, 0) is 54.7 Å². The molecule has 0 saturated heterocycles. The van der Waals surface area contributed by atoms with E-state index in [-0.39, 0.29) is 10.6 Å². The Kier molecular flexibility index (Phi) is 5.72. The molecule has 140 valence electrons. The zero-order chi connectivity index (χ0) is 19.3. The van der Waals surface area contributed by atoms with E-state index in [0.29, 0.717) is 23.1 Å². The van der Waals surface area contributed by atoms with E-state index in [0.717, 1.165) is 0 Å². The van der Waals surface area contributed by atoms with E-state index in [1.54, 1.807) is 36.6 Å². The van der Waals surface area contributed by atoms with Crippen molar-refractivity contribution in [1.82, 2.24) is 5.32 Å². The summed E-state index contributed by atoms with van der Waals surface area (Å²) in [7, 11) is -3.95. The number of rotatable bonds is 6. The van der Waals surface area contributed by atoms with Crippen LogP contribution in [0.3, 0.4) is 0 Å². The first kappa shape index (κ1) is 18.9. The molecule has 0 radical (unpaired) electrons. The Morgan fingerprint density at radius 3 is 2.63 bits per heavy atom. The van der Waals surface area contributed by atoms with Crippen LogP contribution in [0.15, 0.2) is 76.2 Å². The van der Waals surface area contributed by atoms with Gasteiger partial charge in [-0.25, -0.2) is 12.8 Å². The zero-order valence-electron chi connectivity index (χ0n) is 14.0. The number of halogens is 1. The smallest absolute Gasteiger partial charge is 0.262 e. The normalized spacial score (nSPS) is 11.0. The molecule has 0 atom stereocenters. The summed E-state index contributed by atoms with van der Waals surface area (Å²) in [5, 5.41) is 6.16. The molecule has 3 aromatic rings. The number of hydrogen-bond donors (Lipinski definition) is 3. The van der Waals surface area contributed by atoms with Gasteiger partial charge in [-0.1, -0.05) is 18.2 Å². The summed E-state index contributed by atoms with van der Waals surface area (Å²) in [4.78, 5) is -0.0235. The van der Waals surface area contributed by atoms with Crippen LogP contribution in [0, 0.1) is 5.82 Å². The lowest BCUT2D eigenvalue weighted by Gasteiger charge is -2.12. The summed E-state index contributed by atoms with van der Waals surface area (Å²) in [6.07, 6.45) is 1.56. The Hall–Kier alpha value is -2.91. The fraction of sp³-hybridized carbons (Fsp3) is 0.0556. The molecule has 0 saturated carbocycles. The molecule has 6 nitrogen and oxygen atoms in total. The average molecular weight is 405 g/mol. The number of para-hydroxylation sites is 1. The summed E-state index contributed by atoms with van der Waals surface area (Å²) >= 11 is 5.19. The molecular weight excluding hydrogens is 389 g/mol. The monoisotopic (exact) mass is 405 g/mol. The predicted molar refractivity (Wildman–Crippen MR) is 105 cm³/mol. The van der Waals surface area contributed by atoms with Gasteiger partial charge < -0.3 is 15.1 Å². The van der Waals surface area contributed by atoms with E-state index in [2.05, 4.69) is 15.4 Å². The van der Waals surface area contributed by atoms with Gasteiger partial charge in [0.1, 0.15) is 11.6 Å². The molecule has 3 rings (SSSR count). The molecule has 3 N–H and O–H groups in total. The number of furan rings is 1. The molecule has 0 unspecified atom stereocenters. The number of sulfonamides is 1. The van der Waals surface area contributed by atoms with E-state index < -0.39 is 15.8 Å². The molecule has 0 bridgehead atoms. The molecule has 0 aliphatic carbocycles. The van der Waals surface area contributed by atoms with Crippen molar-refractivity contribution in [2.45, 2.75) is 11.4 Å². The highest BCUT2D eigenvalue weighted by molar-refractivity contribution is 7.92. The minimum Gasteiger partial charge on any atom is -0.467 e. The Morgan fingerprint density at radius 1 is 1.07 bits per heavy atom. The SMILES string of the molecule is O=S(=O)(Nc1ccccc1F)c1cccc(NC(=S)NCc2ccco2)c1. The topological polar surface area (TPSA) is 83.4 Å². The van der Waals surface area contributed by atoms with E-state index in [4.69, 9.17) is 16.6 Å². The summed E-state index contributed by atoms with van der Waals surface area (Å²) in [5.74, 6) is 0.0585. The molecule has 1 aromatic heterocycles. The Bertz CT molecular complexity index is 1040. The largest absolute Gasteiger partial charge is 0.467 e. The highest BCUT2D eigenvalue weighted by Gasteiger charge is 2.16. The Labute approximate surface area is 161 Å². The number of anilines is 2. The first-order chi connectivity index (χ1) is 12.9. The van der Waals surface area contributed by atoms with Crippen molar-refractivity contribution >= 4 is 38.7 Å². The summed E-state index contributed by atoms with van der Waals surface area (Å²) in [6, 6.07) is 15.2. The number of thiocarbonyl (C=S) groups is 1. The van der Waals surface area contributed by atoms with Crippen LogP contribution < -0.4 is 15.4 Å². The lowest BCUT2D eigenvalue weighted by molar-refractivity contribution is 0.503. The predicted octanol–water partition coefficient (Wildman–Crippen LogP) is 3.71. The van der Waals surface area contributed by atoms with Crippen LogP contribution in [0.1, 0.15) is 5.76 Å². The highest BCUT2D eigenvalue weighted by atomic mass is 32.2. The van der Waals surface area contributed by atoms with Gasteiger partial charge in [0.25, 0.3) is 10.0 Å². The van der Waals surface area contributed by atoms with Gasteiger partial charge >= 0.3 is 0 Å². The van der Waals surface area contributed by atoms with Crippen molar-refractivity contribution in [2.24, 2.45) is 0 Å². The van der Waals surface area contributed by atoms with Gasteiger partial charge in [0.15, 0.2) is 5.11 Å². The van der Waals surface area contributed by atoms with Crippen LogP contribution in [0.4, 0.5) is 15.8 Å². The van der Waals surface area contributed by atoms with Crippen molar-refractivity contribution in [3.05, 3.63) is 78.5 Å². The second-order valence-electron chi connectivity index (χ2n) is 5.50. The molecule has 0 aliphatic rings. The first-order valence-electron chi connectivity index (χ1n) is 7.89. The molecule has 9 heteroatoms. The molecule has 2 aromatic carbocycles. The lowest BCUT2D eigenvalue weighted by Crippen LogP contribution is -2.27. The quantitative estimate of drug-likeness (QED) is 0.543. The Balaban J connectivity index is 1.69. The van der Waals surface area contributed by atoms with Gasteiger partial charge in [-0.3, -0.25) is 4.72 Å². The zero-order valence-corrected chi connectivity index (χ0v) is 15.6. The first-order valence-corrected chi connectivity index (χ1v) is 9.78. The summed E-state index contributed by atoms with van der Waals surface area (Å²) in [5.41, 5.74) is 0.356. The summed E-state index contributed by atoms with van der Waals surface area (Å²) in [6.45, 7) is 0.395. The third kappa shape index (κ3) is 5.05. The van der Waals surface area contributed by atoms with Crippen LogP contribution in [0.2, 0.25) is 0 Å². The maximum absolute atomic E-state index is 13.7. The van der Waals surface area contributed by atoms with E-state index in [9.17, 15) is 12.8 Å². The molecule has 1 heterocycles. The molecule has 0 aliphatic heterocycles. The molecule has 0 spiro atoms. The van der Waals surface area contributed by atoms with E-state index in [1.165, 1.54) is 30.3 Å². The molecule has 0 fully saturated rings. The maximum atomic E-state index is 13.7. The standard InChI is InChI=1S/C18H16FN3O3S2/c19-16-8-1-2-9-17(16)22-27(23,24)15-7-3-5-13(11-15)21-18(26)20-12-14-6-4-10-25-14/h1-11,22H,12H2,(H2,20,21,26). The second kappa shape index (κ2) is 8.19. The molecular formula is C18H16FN3O3S2. The number of nitrogens with one attached hydrogen (secondary N) is 3. The maximum Gasteiger partial charge on any atom is 0.262 e. The Morgan fingerprint density at radius 2 is 1.89 bits per heavy atom. The molecule has 27 heavy (non-hydrogen) atoms. The highest BCUT2D eigenvalue weighted by Crippen LogP contribution is 2.21. The second-order valence-corrected chi connectivity index (χ2v) is 7.59. The van der Waals surface area contributed by atoms with Gasteiger partial charge in [0, 0.05) is 5.69 Å². The fourth-order valence-corrected chi connectivity index (χ4v) is 3.55. The van der Waals surface area contributed by atoms with Crippen molar-refractivity contribution in [2.75, 3.05) is 10.0 Å². The third-order valence-corrected chi connectivity index (χ3v) is 5.13. The van der Waals surface area contributed by atoms with Crippen LogP contribution in [0.25, 0.3) is 0 Å².